The van der Waals surface area contributed by atoms with Crippen molar-refractivity contribution in [1.82, 2.24) is 20.2 Å². The number of rotatable bonds is 4. The number of aromatic amines is 1. The third-order valence-electron chi connectivity index (χ3n) is 3.25. The van der Waals surface area contributed by atoms with E-state index >= 15 is 0 Å². The number of hydrogen-bond donors (Lipinski definition) is 1. The molecule has 7 heteroatoms. The van der Waals surface area contributed by atoms with Crippen LogP contribution in [0.2, 0.25) is 0 Å². The average Bonchev–Trinajstić information content (AvgIpc) is 2.84. The predicted octanol–water partition coefficient (Wildman–Crippen LogP) is 2.86. The maximum Gasteiger partial charge on any atom is 0.319 e. The van der Waals surface area contributed by atoms with Gasteiger partial charge in [-0.25, -0.2) is 4.98 Å². The first kappa shape index (κ1) is 14.8. The quantitative estimate of drug-likeness (QED) is 0.589. The summed E-state index contributed by atoms with van der Waals surface area (Å²) in [5, 5.41) is 9.46. The molecule has 3 rings (SSSR count). The molecule has 0 saturated carbocycles. The molecule has 0 aliphatic heterocycles. The van der Waals surface area contributed by atoms with Crippen LogP contribution >= 0.6 is 11.8 Å². The van der Waals surface area contributed by atoms with Crippen LogP contribution in [0.5, 0.6) is 0 Å². The number of benzene rings is 1. The van der Waals surface area contributed by atoms with E-state index < -0.39 is 0 Å². The number of fused-ring (bicyclic) bond motifs is 3. The molecule has 22 heavy (non-hydrogen) atoms. The van der Waals surface area contributed by atoms with Gasteiger partial charge in [0, 0.05) is 10.9 Å². The first-order valence-corrected chi connectivity index (χ1v) is 7.92. The zero-order valence-corrected chi connectivity index (χ0v) is 13.4. The van der Waals surface area contributed by atoms with Gasteiger partial charge >= 0.3 is 5.97 Å². The van der Waals surface area contributed by atoms with E-state index in [0.29, 0.717) is 17.4 Å². The topological polar surface area (TPSA) is 80.8 Å². The minimum Gasteiger partial charge on any atom is -0.465 e. The summed E-state index contributed by atoms with van der Waals surface area (Å²) in [6, 6.07) is 6.09. The molecular weight excluding hydrogens is 300 g/mol. The lowest BCUT2D eigenvalue weighted by Gasteiger charge is -2.08. The van der Waals surface area contributed by atoms with E-state index in [-0.39, 0.29) is 11.2 Å². The van der Waals surface area contributed by atoms with Crippen LogP contribution in [0.3, 0.4) is 0 Å². The SMILES string of the molecule is CCOC(=O)C(C)Sc1nnc2c(n1)[nH]c1ccc(C)cc12. The number of nitrogens with zero attached hydrogens (tertiary/aromatic N) is 3. The van der Waals surface area contributed by atoms with Gasteiger partial charge in [-0.05, 0) is 32.9 Å². The molecule has 0 radical (unpaired) electrons. The molecule has 0 aliphatic rings. The van der Waals surface area contributed by atoms with Crippen LogP contribution in [0, 0.1) is 6.92 Å². The minimum atomic E-state index is -0.370. The number of ether oxygens (including phenoxy) is 1. The van der Waals surface area contributed by atoms with Crippen LogP contribution in [0.15, 0.2) is 23.4 Å². The third-order valence-corrected chi connectivity index (χ3v) is 4.18. The molecule has 0 amide bonds. The molecule has 6 nitrogen and oxygen atoms in total. The maximum absolute atomic E-state index is 11.7. The highest BCUT2D eigenvalue weighted by molar-refractivity contribution is 8.00. The van der Waals surface area contributed by atoms with Crippen LogP contribution in [0.4, 0.5) is 0 Å². The summed E-state index contributed by atoms with van der Waals surface area (Å²) >= 11 is 1.24. The van der Waals surface area contributed by atoms with Crippen LogP contribution in [-0.4, -0.2) is 38.0 Å². The maximum atomic E-state index is 11.7. The number of esters is 1. The Morgan fingerprint density at radius 1 is 1.41 bits per heavy atom. The highest BCUT2D eigenvalue weighted by Gasteiger charge is 2.18. The van der Waals surface area contributed by atoms with Gasteiger partial charge < -0.3 is 9.72 Å². The second kappa shape index (κ2) is 5.92. The van der Waals surface area contributed by atoms with Crippen molar-refractivity contribution >= 4 is 39.8 Å². The fourth-order valence-corrected chi connectivity index (χ4v) is 2.90. The molecule has 3 aromatic rings. The standard InChI is InChI=1S/C15H16N4O2S/c1-4-21-14(20)9(3)22-15-17-13-12(18-19-15)10-7-8(2)5-6-11(10)16-13/h5-7,9H,4H2,1-3H3,(H,16,17,19). The lowest BCUT2D eigenvalue weighted by atomic mass is 10.2. The van der Waals surface area contributed by atoms with Crippen molar-refractivity contribution in [1.29, 1.82) is 0 Å². The molecule has 1 aromatic carbocycles. The molecule has 0 aliphatic carbocycles. The highest BCUT2D eigenvalue weighted by Crippen LogP contribution is 2.26. The van der Waals surface area contributed by atoms with Gasteiger partial charge in [-0.3, -0.25) is 4.79 Å². The molecular formula is C15H16N4O2S. The second-order valence-electron chi connectivity index (χ2n) is 4.98. The van der Waals surface area contributed by atoms with E-state index in [1.807, 2.05) is 19.1 Å². The lowest BCUT2D eigenvalue weighted by Crippen LogP contribution is -2.17. The number of thioether (sulfide) groups is 1. The molecule has 0 bridgehead atoms. The molecule has 2 heterocycles. The number of aromatic nitrogens is 4. The first-order valence-electron chi connectivity index (χ1n) is 7.04. The summed E-state index contributed by atoms with van der Waals surface area (Å²) < 4.78 is 4.98. The van der Waals surface area contributed by atoms with Gasteiger partial charge in [0.2, 0.25) is 5.16 Å². The largest absolute Gasteiger partial charge is 0.465 e. The summed E-state index contributed by atoms with van der Waals surface area (Å²) in [5.41, 5.74) is 3.55. The molecule has 114 valence electrons. The first-order chi connectivity index (χ1) is 10.6. The van der Waals surface area contributed by atoms with Crippen molar-refractivity contribution in [3.8, 4) is 0 Å². The molecule has 0 fully saturated rings. The minimum absolute atomic E-state index is 0.275. The van der Waals surface area contributed by atoms with Gasteiger partial charge in [-0.1, -0.05) is 23.4 Å². The molecule has 1 unspecified atom stereocenters. The smallest absolute Gasteiger partial charge is 0.319 e. The Labute approximate surface area is 131 Å². The Kier molecular flexibility index (Phi) is 3.98. The molecule has 1 N–H and O–H groups in total. The molecule has 1 atom stereocenters. The third kappa shape index (κ3) is 2.76. The van der Waals surface area contributed by atoms with Gasteiger partial charge in [-0.15, -0.1) is 10.2 Å². The van der Waals surface area contributed by atoms with Gasteiger partial charge in [-0.2, -0.15) is 0 Å². The van der Waals surface area contributed by atoms with Crippen LogP contribution in [-0.2, 0) is 9.53 Å². The average molecular weight is 316 g/mol. The van der Waals surface area contributed by atoms with Gasteiger partial charge in [0.05, 0.1) is 6.61 Å². The van der Waals surface area contributed by atoms with Crippen molar-refractivity contribution in [2.24, 2.45) is 0 Å². The molecule has 2 aromatic heterocycles. The number of hydrogen-bond acceptors (Lipinski definition) is 6. The Balaban J connectivity index is 1.93. The summed E-state index contributed by atoms with van der Waals surface area (Å²) in [4.78, 5) is 19.3. The summed E-state index contributed by atoms with van der Waals surface area (Å²) in [6.45, 7) is 5.95. The second-order valence-corrected chi connectivity index (χ2v) is 6.29. The fourth-order valence-electron chi connectivity index (χ4n) is 2.19. The van der Waals surface area contributed by atoms with E-state index in [1.165, 1.54) is 11.8 Å². The summed E-state index contributed by atoms with van der Waals surface area (Å²) in [6.07, 6.45) is 0. The van der Waals surface area contributed by atoms with E-state index in [4.69, 9.17) is 4.74 Å². The molecule has 0 saturated heterocycles. The van der Waals surface area contributed by atoms with E-state index in [2.05, 4.69) is 26.2 Å². The van der Waals surface area contributed by atoms with Gasteiger partial charge in [0.15, 0.2) is 5.65 Å². The fraction of sp³-hybridized carbons (Fsp3) is 0.333. The van der Waals surface area contributed by atoms with Crippen LogP contribution < -0.4 is 0 Å². The predicted molar refractivity (Wildman–Crippen MR) is 85.9 cm³/mol. The van der Waals surface area contributed by atoms with Crippen LogP contribution in [0.1, 0.15) is 19.4 Å². The van der Waals surface area contributed by atoms with Crippen molar-refractivity contribution in [3.05, 3.63) is 23.8 Å². The van der Waals surface area contributed by atoms with Crippen molar-refractivity contribution in [3.63, 3.8) is 0 Å². The number of aryl methyl sites for hydroxylation is 1. The highest BCUT2D eigenvalue weighted by atomic mass is 32.2. The summed E-state index contributed by atoms with van der Waals surface area (Å²) in [7, 11) is 0. The monoisotopic (exact) mass is 316 g/mol. The summed E-state index contributed by atoms with van der Waals surface area (Å²) in [5.74, 6) is -0.275. The zero-order valence-electron chi connectivity index (χ0n) is 12.6. The van der Waals surface area contributed by atoms with E-state index in [9.17, 15) is 4.79 Å². The van der Waals surface area contributed by atoms with Crippen molar-refractivity contribution in [2.75, 3.05) is 6.61 Å². The zero-order chi connectivity index (χ0) is 15.7. The van der Waals surface area contributed by atoms with Gasteiger partial charge in [0.25, 0.3) is 0 Å². The Bertz CT molecular complexity index is 846. The Hall–Kier alpha value is -2.15. The van der Waals surface area contributed by atoms with E-state index in [1.54, 1.807) is 13.8 Å². The number of H-pyrrole nitrogens is 1. The van der Waals surface area contributed by atoms with Crippen molar-refractivity contribution in [2.45, 2.75) is 31.2 Å². The number of carbonyl (C=O) groups excluding carboxylic acids is 1. The Morgan fingerprint density at radius 2 is 2.23 bits per heavy atom. The lowest BCUT2D eigenvalue weighted by molar-refractivity contribution is -0.142. The molecule has 0 spiro atoms. The number of carbonyl (C=O) groups is 1. The van der Waals surface area contributed by atoms with Gasteiger partial charge in [0.1, 0.15) is 10.8 Å². The normalized spacial score (nSPS) is 12.7. The Morgan fingerprint density at radius 3 is 3.00 bits per heavy atom. The van der Waals surface area contributed by atoms with Crippen molar-refractivity contribution < 1.29 is 9.53 Å². The van der Waals surface area contributed by atoms with E-state index in [0.717, 1.165) is 22.0 Å². The number of nitrogens with one attached hydrogen (secondary N) is 1. The van der Waals surface area contributed by atoms with Crippen LogP contribution in [0.25, 0.3) is 22.1 Å².